The Morgan fingerprint density at radius 1 is 0.939 bits per heavy atom. The van der Waals surface area contributed by atoms with Crippen molar-refractivity contribution in [2.75, 3.05) is 11.9 Å². The van der Waals surface area contributed by atoms with E-state index in [2.05, 4.69) is 15.7 Å². The number of thioether (sulfide) groups is 1. The van der Waals surface area contributed by atoms with Gasteiger partial charge in [0.05, 0.1) is 5.69 Å². The Labute approximate surface area is 196 Å². The minimum absolute atomic E-state index is 0.0671. The van der Waals surface area contributed by atoms with Gasteiger partial charge in [-0.25, -0.2) is 4.68 Å². The second-order valence-electron chi connectivity index (χ2n) is 7.99. The van der Waals surface area contributed by atoms with Crippen LogP contribution in [0.4, 0.5) is 5.82 Å². The molecule has 0 fully saturated rings. The molecule has 1 aliphatic rings. The fourth-order valence-corrected chi connectivity index (χ4v) is 5.14. The standard InChI is InChI=1S/C26H24N4O2S/c31-24(27-14-13-18-7-2-1-3-8-18)15-30-25(22-16-33-17-23(22)29-30)28-26(32)21-12-6-10-19-9-4-5-11-20(19)21/h1-12H,13-17H2,(H,27,31)(H,28,32). The van der Waals surface area contributed by atoms with Gasteiger partial charge in [-0.2, -0.15) is 16.9 Å². The van der Waals surface area contributed by atoms with Gasteiger partial charge in [0.2, 0.25) is 5.91 Å². The van der Waals surface area contributed by atoms with Gasteiger partial charge < -0.3 is 10.6 Å². The summed E-state index contributed by atoms with van der Waals surface area (Å²) >= 11 is 1.76. The Morgan fingerprint density at radius 2 is 1.73 bits per heavy atom. The van der Waals surface area contributed by atoms with Crippen molar-refractivity contribution in [2.45, 2.75) is 24.5 Å². The lowest BCUT2D eigenvalue weighted by Gasteiger charge is -2.12. The number of rotatable bonds is 7. The Kier molecular flexibility index (Phi) is 6.13. The molecule has 0 aliphatic carbocycles. The van der Waals surface area contributed by atoms with E-state index in [0.717, 1.165) is 40.0 Å². The maximum absolute atomic E-state index is 13.2. The number of carbonyl (C=O) groups excluding carboxylic acids is 2. The molecule has 0 bridgehead atoms. The lowest BCUT2D eigenvalue weighted by molar-refractivity contribution is -0.121. The summed E-state index contributed by atoms with van der Waals surface area (Å²) in [6.07, 6.45) is 0.767. The fraction of sp³-hybridized carbons (Fsp3) is 0.192. The first-order valence-corrected chi connectivity index (χ1v) is 12.1. The van der Waals surface area contributed by atoms with Crippen molar-refractivity contribution in [1.82, 2.24) is 15.1 Å². The van der Waals surface area contributed by atoms with Crippen molar-refractivity contribution in [3.63, 3.8) is 0 Å². The highest BCUT2D eigenvalue weighted by Crippen LogP contribution is 2.35. The topological polar surface area (TPSA) is 76.0 Å². The van der Waals surface area contributed by atoms with E-state index in [1.165, 1.54) is 5.56 Å². The zero-order valence-electron chi connectivity index (χ0n) is 18.1. The van der Waals surface area contributed by atoms with E-state index in [0.29, 0.717) is 17.9 Å². The summed E-state index contributed by atoms with van der Waals surface area (Å²) in [7, 11) is 0. The zero-order chi connectivity index (χ0) is 22.6. The number of benzene rings is 3. The molecule has 0 saturated carbocycles. The number of amides is 2. The Hall–Kier alpha value is -3.58. The summed E-state index contributed by atoms with van der Waals surface area (Å²) in [5.41, 5.74) is 3.72. The Bertz CT molecular complexity index is 1310. The molecule has 7 heteroatoms. The third-order valence-electron chi connectivity index (χ3n) is 5.76. The number of nitrogens with one attached hydrogen (secondary N) is 2. The number of fused-ring (bicyclic) bond motifs is 2. The van der Waals surface area contributed by atoms with Gasteiger partial charge in [-0.05, 0) is 28.8 Å². The molecule has 0 radical (unpaired) electrons. The van der Waals surface area contributed by atoms with Crippen LogP contribution >= 0.6 is 11.8 Å². The molecule has 1 aliphatic heterocycles. The average molecular weight is 457 g/mol. The molecule has 4 aromatic rings. The summed E-state index contributed by atoms with van der Waals surface area (Å²) < 4.78 is 1.63. The van der Waals surface area contributed by atoms with Crippen LogP contribution in [-0.4, -0.2) is 28.1 Å². The maximum atomic E-state index is 13.2. The van der Waals surface area contributed by atoms with Crippen LogP contribution in [0.1, 0.15) is 27.2 Å². The van der Waals surface area contributed by atoms with Crippen LogP contribution in [0, 0.1) is 0 Å². The zero-order valence-corrected chi connectivity index (χ0v) is 18.9. The van der Waals surface area contributed by atoms with Crippen molar-refractivity contribution in [1.29, 1.82) is 0 Å². The molecular weight excluding hydrogens is 432 g/mol. The first kappa shape index (κ1) is 21.3. The van der Waals surface area contributed by atoms with Crippen molar-refractivity contribution >= 4 is 40.2 Å². The summed E-state index contributed by atoms with van der Waals surface area (Å²) in [6, 6.07) is 23.6. The normalized spacial score (nSPS) is 12.5. The first-order chi connectivity index (χ1) is 16.2. The maximum Gasteiger partial charge on any atom is 0.257 e. The Balaban J connectivity index is 1.32. The summed E-state index contributed by atoms with van der Waals surface area (Å²) in [6.45, 7) is 0.620. The highest BCUT2D eigenvalue weighted by molar-refractivity contribution is 7.98. The van der Waals surface area contributed by atoms with Gasteiger partial charge in [-0.1, -0.05) is 66.7 Å². The lowest BCUT2D eigenvalue weighted by atomic mass is 10.0. The highest BCUT2D eigenvalue weighted by atomic mass is 32.2. The second-order valence-corrected chi connectivity index (χ2v) is 8.98. The highest BCUT2D eigenvalue weighted by Gasteiger charge is 2.25. The van der Waals surface area contributed by atoms with Crippen molar-refractivity contribution in [2.24, 2.45) is 0 Å². The van der Waals surface area contributed by atoms with Gasteiger partial charge in [0.15, 0.2) is 0 Å². The summed E-state index contributed by atoms with van der Waals surface area (Å²) in [5, 5.41) is 12.6. The van der Waals surface area contributed by atoms with Gasteiger partial charge in [0, 0.05) is 29.2 Å². The first-order valence-electron chi connectivity index (χ1n) is 10.9. The van der Waals surface area contributed by atoms with E-state index in [4.69, 9.17) is 0 Å². The number of aromatic nitrogens is 2. The van der Waals surface area contributed by atoms with Gasteiger partial charge in [-0.15, -0.1) is 0 Å². The molecule has 2 amide bonds. The monoisotopic (exact) mass is 456 g/mol. The molecule has 33 heavy (non-hydrogen) atoms. The van der Waals surface area contributed by atoms with Gasteiger partial charge in [-0.3, -0.25) is 9.59 Å². The average Bonchev–Trinajstić information content (AvgIpc) is 3.42. The third kappa shape index (κ3) is 4.64. The Morgan fingerprint density at radius 3 is 2.61 bits per heavy atom. The number of carbonyl (C=O) groups is 2. The predicted octanol–water partition coefficient (Wildman–Crippen LogP) is 4.39. The lowest BCUT2D eigenvalue weighted by Crippen LogP contribution is -2.30. The molecular formula is C26H24N4O2S. The molecule has 0 unspecified atom stereocenters. The molecule has 5 rings (SSSR count). The van der Waals surface area contributed by atoms with Crippen LogP contribution < -0.4 is 10.6 Å². The van der Waals surface area contributed by atoms with Gasteiger partial charge in [0.25, 0.3) is 5.91 Å². The predicted molar refractivity (Wildman–Crippen MR) is 132 cm³/mol. The van der Waals surface area contributed by atoms with E-state index in [9.17, 15) is 9.59 Å². The number of anilines is 1. The molecule has 2 heterocycles. The molecule has 6 nitrogen and oxygen atoms in total. The van der Waals surface area contributed by atoms with E-state index < -0.39 is 0 Å². The summed E-state index contributed by atoms with van der Waals surface area (Å²) in [4.78, 5) is 25.9. The molecule has 3 aromatic carbocycles. The molecule has 2 N–H and O–H groups in total. The molecule has 0 spiro atoms. The van der Waals surface area contributed by atoms with Crippen LogP contribution in [0.3, 0.4) is 0 Å². The van der Waals surface area contributed by atoms with E-state index in [1.807, 2.05) is 72.8 Å². The largest absolute Gasteiger partial charge is 0.354 e. The molecule has 0 atom stereocenters. The van der Waals surface area contributed by atoms with E-state index in [1.54, 1.807) is 16.4 Å². The second kappa shape index (κ2) is 9.50. The number of hydrogen-bond acceptors (Lipinski definition) is 4. The minimum Gasteiger partial charge on any atom is -0.354 e. The minimum atomic E-state index is -0.197. The van der Waals surface area contributed by atoms with E-state index in [-0.39, 0.29) is 18.4 Å². The van der Waals surface area contributed by atoms with Crippen molar-refractivity contribution in [3.8, 4) is 0 Å². The molecule has 166 valence electrons. The van der Waals surface area contributed by atoms with Crippen LogP contribution in [0.25, 0.3) is 10.8 Å². The van der Waals surface area contributed by atoms with Gasteiger partial charge in [0.1, 0.15) is 12.4 Å². The molecule has 1 aromatic heterocycles. The van der Waals surface area contributed by atoms with Crippen LogP contribution in [0.5, 0.6) is 0 Å². The molecule has 0 saturated heterocycles. The van der Waals surface area contributed by atoms with Crippen LogP contribution in [0.2, 0.25) is 0 Å². The number of hydrogen-bond donors (Lipinski definition) is 2. The fourth-order valence-electron chi connectivity index (χ4n) is 4.10. The van der Waals surface area contributed by atoms with Crippen LogP contribution in [0.15, 0.2) is 72.8 Å². The quantitative estimate of drug-likeness (QED) is 0.432. The third-order valence-corrected chi connectivity index (χ3v) is 6.73. The van der Waals surface area contributed by atoms with Crippen molar-refractivity contribution in [3.05, 3.63) is 95.2 Å². The summed E-state index contributed by atoms with van der Waals surface area (Å²) in [5.74, 6) is 1.86. The van der Waals surface area contributed by atoms with Gasteiger partial charge >= 0.3 is 0 Å². The SMILES string of the molecule is O=C(Cn1nc2c(c1NC(=O)c1cccc3ccccc13)CSC2)NCCc1ccccc1. The van der Waals surface area contributed by atoms with E-state index >= 15 is 0 Å². The number of nitrogens with zero attached hydrogens (tertiary/aromatic N) is 2. The van der Waals surface area contributed by atoms with Crippen LogP contribution in [-0.2, 0) is 29.3 Å². The van der Waals surface area contributed by atoms with Crippen molar-refractivity contribution < 1.29 is 9.59 Å². The smallest absolute Gasteiger partial charge is 0.257 e.